The Morgan fingerprint density at radius 3 is 2.64 bits per heavy atom. The van der Waals surface area contributed by atoms with Crippen molar-refractivity contribution >= 4 is 11.6 Å². The molecule has 0 bridgehead atoms. The molecule has 22 heavy (non-hydrogen) atoms. The fraction of sp³-hybridized carbons (Fsp3) is 0.611. The molecule has 1 amide bonds. The smallest absolute Gasteiger partial charge is 0.241 e. The molecule has 1 aromatic rings. The zero-order valence-electron chi connectivity index (χ0n) is 13.5. The van der Waals surface area contributed by atoms with Crippen molar-refractivity contribution in [2.24, 2.45) is 5.92 Å². The summed E-state index contributed by atoms with van der Waals surface area (Å²) in [7, 11) is 0. The van der Waals surface area contributed by atoms with Gasteiger partial charge in [0.25, 0.3) is 0 Å². The standard InChI is InChI=1S/C18H26N2O2/c1-12(2)22-15-9-7-14(8-10-15)19-18(21)17-11-13-5-3-4-6-16(13)20-17/h7-10,12-13,16-17,20H,3-6,11H2,1-2H3,(H,19,21). The summed E-state index contributed by atoms with van der Waals surface area (Å²) >= 11 is 0. The van der Waals surface area contributed by atoms with Crippen LogP contribution in [0.3, 0.4) is 0 Å². The molecule has 1 saturated carbocycles. The van der Waals surface area contributed by atoms with Crippen molar-refractivity contribution in [3.05, 3.63) is 24.3 Å². The summed E-state index contributed by atoms with van der Waals surface area (Å²) in [6.07, 6.45) is 6.23. The van der Waals surface area contributed by atoms with Crippen LogP contribution in [-0.4, -0.2) is 24.1 Å². The molecule has 0 spiro atoms. The number of hydrogen-bond acceptors (Lipinski definition) is 3. The van der Waals surface area contributed by atoms with Crippen LogP contribution in [0.15, 0.2) is 24.3 Å². The van der Waals surface area contributed by atoms with Crippen LogP contribution in [0.4, 0.5) is 5.69 Å². The second kappa shape index (κ2) is 6.69. The third kappa shape index (κ3) is 3.61. The van der Waals surface area contributed by atoms with Crippen LogP contribution in [0, 0.1) is 5.92 Å². The fourth-order valence-corrected chi connectivity index (χ4v) is 3.64. The molecule has 2 N–H and O–H groups in total. The maximum atomic E-state index is 12.4. The number of fused-ring (bicyclic) bond motifs is 1. The summed E-state index contributed by atoms with van der Waals surface area (Å²) in [6.45, 7) is 4.00. The van der Waals surface area contributed by atoms with Gasteiger partial charge in [-0.3, -0.25) is 4.79 Å². The van der Waals surface area contributed by atoms with Gasteiger partial charge in [0.2, 0.25) is 5.91 Å². The van der Waals surface area contributed by atoms with Gasteiger partial charge in [0, 0.05) is 11.7 Å². The molecule has 1 aromatic carbocycles. The predicted molar refractivity (Wildman–Crippen MR) is 88.1 cm³/mol. The highest BCUT2D eigenvalue weighted by molar-refractivity contribution is 5.95. The van der Waals surface area contributed by atoms with Crippen LogP contribution >= 0.6 is 0 Å². The number of hydrogen-bond donors (Lipinski definition) is 2. The van der Waals surface area contributed by atoms with Gasteiger partial charge in [0.05, 0.1) is 12.1 Å². The van der Waals surface area contributed by atoms with Crippen LogP contribution in [0.2, 0.25) is 0 Å². The minimum absolute atomic E-state index is 0.0420. The van der Waals surface area contributed by atoms with Gasteiger partial charge < -0.3 is 15.4 Å². The van der Waals surface area contributed by atoms with Crippen molar-refractivity contribution in [2.45, 2.75) is 64.1 Å². The third-order valence-electron chi connectivity index (χ3n) is 4.67. The van der Waals surface area contributed by atoms with Crippen molar-refractivity contribution in [1.29, 1.82) is 0 Å². The van der Waals surface area contributed by atoms with Gasteiger partial charge in [-0.25, -0.2) is 0 Å². The molecule has 4 nitrogen and oxygen atoms in total. The zero-order valence-corrected chi connectivity index (χ0v) is 13.5. The first kappa shape index (κ1) is 15.3. The highest BCUT2D eigenvalue weighted by Crippen LogP contribution is 2.33. The number of amides is 1. The quantitative estimate of drug-likeness (QED) is 0.897. The summed E-state index contributed by atoms with van der Waals surface area (Å²) in [5, 5.41) is 6.53. The van der Waals surface area contributed by atoms with E-state index in [2.05, 4.69) is 10.6 Å². The normalized spacial score (nSPS) is 27.5. The Hall–Kier alpha value is -1.55. The van der Waals surface area contributed by atoms with Crippen LogP contribution in [0.5, 0.6) is 5.75 Å². The first-order valence-corrected chi connectivity index (χ1v) is 8.45. The van der Waals surface area contributed by atoms with Gasteiger partial charge >= 0.3 is 0 Å². The second-order valence-electron chi connectivity index (χ2n) is 6.79. The van der Waals surface area contributed by atoms with E-state index in [4.69, 9.17) is 4.74 Å². The van der Waals surface area contributed by atoms with E-state index < -0.39 is 0 Å². The van der Waals surface area contributed by atoms with E-state index in [0.717, 1.165) is 17.9 Å². The Balaban J connectivity index is 1.55. The van der Waals surface area contributed by atoms with Crippen molar-refractivity contribution in [3.8, 4) is 5.75 Å². The minimum Gasteiger partial charge on any atom is -0.491 e. The lowest BCUT2D eigenvalue weighted by molar-refractivity contribution is -0.117. The highest BCUT2D eigenvalue weighted by Gasteiger charge is 2.38. The van der Waals surface area contributed by atoms with Crippen molar-refractivity contribution in [1.82, 2.24) is 5.32 Å². The van der Waals surface area contributed by atoms with E-state index in [0.29, 0.717) is 12.0 Å². The Kier molecular flexibility index (Phi) is 4.67. The molecule has 3 rings (SSSR count). The van der Waals surface area contributed by atoms with E-state index in [1.165, 1.54) is 25.7 Å². The van der Waals surface area contributed by atoms with E-state index in [9.17, 15) is 4.79 Å². The Morgan fingerprint density at radius 2 is 1.95 bits per heavy atom. The summed E-state index contributed by atoms with van der Waals surface area (Å²) < 4.78 is 5.61. The summed E-state index contributed by atoms with van der Waals surface area (Å²) in [5.41, 5.74) is 0.831. The summed E-state index contributed by atoms with van der Waals surface area (Å²) in [5.74, 6) is 1.61. The zero-order chi connectivity index (χ0) is 15.5. The topological polar surface area (TPSA) is 50.4 Å². The molecule has 3 unspecified atom stereocenters. The van der Waals surface area contributed by atoms with Crippen LogP contribution in [-0.2, 0) is 4.79 Å². The number of nitrogens with one attached hydrogen (secondary N) is 2. The van der Waals surface area contributed by atoms with Gasteiger partial charge in [-0.05, 0) is 63.3 Å². The van der Waals surface area contributed by atoms with Gasteiger partial charge in [-0.1, -0.05) is 12.8 Å². The summed E-state index contributed by atoms with van der Waals surface area (Å²) in [6, 6.07) is 8.11. The first-order chi connectivity index (χ1) is 10.6. The molecule has 1 aliphatic carbocycles. The number of carbonyl (C=O) groups is 1. The molecule has 1 heterocycles. The van der Waals surface area contributed by atoms with Crippen molar-refractivity contribution in [2.75, 3.05) is 5.32 Å². The average molecular weight is 302 g/mol. The fourth-order valence-electron chi connectivity index (χ4n) is 3.64. The SMILES string of the molecule is CC(C)Oc1ccc(NC(=O)C2CC3CCCCC3N2)cc1. The lowest BCUT2D eigenvalue weighted by atomic mass is 9.85. The van der Waals surface area contributed by atoms with E-state index in [1.807, 2.05) is 38.1 Å². The largest absolute Gasteiger partial charge is 0.491 e. The molecular formula is C18H26N2O2. The number of anilines is 1. The van der Waals surface area contributed by atoms with Crippen LogP contribution in [0.25, 0.3) is 0 Å². The van der Waals surface area contributed by atoms with Crippen LogP contribution in [0.1, 0.15) is 46.0 Å². The Labute approximate surface area is 132 Å². The third-order valence-corrected chi connectivity index (χ3v) is 4.67. The summed E-state index contributed by atoms with van der Waals surface area (Å²) in [4.78, 5) is 12.4. The molecule has 120 valence electrons. The second-order valence-corrected chi connectivity index (χ2v) is 6.79. The number of ether oxygens (including phenoxy) is 1. The Bertz CT molecular complexity index is 498. The number of rotatable bonds is 4. The maximum Gasteiger partial charge on any atom is 0.241 e. The molecule has 1 aliphatic heterocycles. The van der Waals surface area contributed by atoms with Gasteiger partial charge in [-0.15, -0.1) is 0 Å². The van der Waals surface area contributed by atoms with Crippen molar-refractivity contribution in [3.63, 3.8) is 0 Å². The van der Waals surface area contributed by atoms with E-state index in [1.54, 1.807) is 0 Å². The molecule has 0 aromatic heterocycles. The monoisotopic (exact) mass is 302 g/mol. The Morgan fingerprint density at radius 1 is 1.23 bits per heavy atom. The van der Waals surface area contributed by atoms with Gasteiger partial charge in [-0.2, -0.15) is 0 Å². The van der Waals surface area contributed by atoms with Crippen molar-refractivity contribution < 1.29 is 9.53 Å². The minimum atomic E-state index is -0.0420. The molecular weight excluding hydrogens is 276 g/mol. The lowest BCUT2D eigenvalue weighted by Crippen LogP contribution is -2.39. The van der Waals surface area contributed by atoms with E-state index >= 15 is 0 Å². The molecule has 4 heteroatoms. The lowest BCUT2D eigenvalue weighted by Gasteiger charge is -2.24. The molecule has 1 saturated heterocycles. The van der Waals surface area contributed by atoms with E-state index in [-0.39, 0.29) is 18.1 Å². The molecule has 0 radical (unpaired) electrons. The first-order valence-electron chi connectivity index (χ1n) is 8.45. The molecule has 2 fully saturated rings. The molecule has 2 aliphatic rings. The molecule has 3 atom stereocenters. The number of carbonyl (C=O) groups excluding carboxylic acids is 1. The van der Waals surface area contributed by atoms with Gasteiger partial charge in [0.1, 0.15) is 5.75 Å². The highest BCUT2D eigenvalue weighted by atomic mass is 16.5. The maximum absolute atomic E-state index is 12.4. The van der Waals surface area contributed by atoms with Gasteiger partial charge in [0.15, 0.2) is 0 Å². The van der Waals surface area contributed by atoms with Crippen LogP contribution < -0.4 is 15.4 Å². The average Bonchev–Trinajstić information content (AvgIpc) is 2.93. The predicted octanol–water partition coefficient (Wildman–Crippen LogP) is 3.33. The number of benzene rings is 1.